The van der Waals surface area contributed by atoms with Crippen molar-refractivity contribution in [3.8, 4) is 11.5 Å². The number of hydrogen-bond acceptors (Lipinski definition) is 5. The molecule has 1 N–H and O–H groups in total. The van der Waals surface area contributed by atoms with Gasteiger partial charge in [-0.25, -0.2) is 4.79 Å². The first-order chi connectivity index (χ1) is 13.2. The Morgan fingerprint density at radius 1 is 1.15 bits per heavy atom. The lowest BCUT2D eigenvalue weighted by Crippen LogP contribution is -2.37. The maximum absolute atomic E-state index is 12.1. The van der Waals surface area contributed by atoms with E-state index in [1.807, 2.05) is 24.3 Å². The summed E-state index contributed by atoms with van der Waals surface area (Å²) in [6.07, 6.45) is 0.876. The molecule has 2 aromatic carbocycles. The van der Waals surface area contributed by atoms with E-state index in [4.69, 9.17) is 13.9 Å². The Morgan fingerprint density at radius 3 is 2.93 bits per heavy atom. The van der Waals surface area contributed by atoms with Gasteiger partial charge in [0.15, 0.2) is 6.61 Å². The first kappa shape index (κ1) is 17.1. The van der Waals surface area contributed by atoms with Gasteiger partial charge in [0.25, 0.3) is 5.91 Å². The maximum atomic E-state index is 12.1. The summed E-state index contributed by atoms with van der Waals surface area (Å²) >= 11 is 0. The summed E-state index contributed by atoms with van der Waals surface area (Å²) in [7, 11) is 0. The van der Waals surface area contributed by atoms with Crippen LogP contribution in [0.5, 0.6) is 11.5 Å². The minimum Gasteiger partial charge on any atom is -0.493 e. The van der Waals surface area contributed by atoms with Gasteiger partial charge < -0.3 is 19.2 Å². The molecule has 27 heavy (non-hydrogen) atoms. The van der Waals surface area contributed by atoms with E-state index in [9.17, 15) is 9.59 Å². The highest BCUT2D eigenvalue weighted by molar-refractivity contribution is 5.79. The Kier molecular flexibility index (Phi) is 4.78. The number of carbonyl (C=O) groups excluding carboxylic acids is 1. The molecule has 1 aliphatic rings. The Labute approximate surface area is 155 Å². The molecule has 0 aliphatic carbocycles. The Bertz CT molecular complexity index is 1030. The van der Waals surface area contributed by atoms with E-state index in [1.54, 1.807) is 24.3 Å². The summed E-state index contributed by atoms with van der Waals surface area (Å²) in [6.45, 7) is 1.01. The number of rotatable bonds is 5. The lowest BCUT2D eigenvalue weighted by Gasteiger charge is -2.25. The topological polar surface area (TPSA) is 77.8 Å². The fourth-order valence-electron chi connectivity index (χ4n) is 3.11. The molecule has 2 heterocycles. The third kappa shape index (κ3) is 4.11. The molecule has 0 saturated heterocycles. The van der Waals surface area contributed by atoms with Crippen molar-refractivity contribution < 1.29 is 18.7 Å². The number of nitrogens with one attached hydrogen (secondary N) is 1. The largest absolute Gasteiger partial charge is 0.493 e. The number of hydrogen-bond donors (Lipinski definition) is 1. The maximum Gasteiger partial charge on any atom is 0.336 e. The molecule has 6 nitrogen and oxygen atoms in total. The normalized spacial score (nSPS) is 15.6. The minimum atomic E-state index is -0.423. The van der Waals surface area contributed by atoms with E-state index in [0.29, 0.717) is 24.5 Å². The predicted molar refractivity (Wildman–Crippen MR) is 100 cm³/mol. The second-order valence-corrected chi connectivity index (χ2v) is 6.54. The van der Waals surface area contributed by atoms with Crippen LogP contribution >= 0.6 is 0 Å². The highest BCUT2D eigenvalue weighted by Gasteiger charge is 2.20. The van der Waals surface area contributed by atoms with Gasteiger partial charge in [-0.15, -0.1) is 0 Å². The predicted octanol–water partition coefficient (Wildman–Crippen LogP) is 2.54. The first-order valence-electron chi connectivity index (χ1n) is 8.81. The second kappa shape index (κ2) is 7.53. The van der Waals surface area contributed by atoms with Crippen molar-refractivity contribution in [1.29, 1.82) is 0 Å². The molecular formula is C21H19NO5. The average Bonchev–Trinajstić information content (AvgIpc) is 2.70. The molecule has 0 bridgehead atoms. The lowest BCUT2D eigenvalue weighted by molar-refractivity contribution is -0.123. The van der Waals surface area contributed by atoms with E-state index in [0.717, 1.165) is 23.1 Å². The average molecular weight is 365 g/mol. The highest BCUT2D eigenvalue weighted by atomic mass is 16.5. The van der Waals surface area contributed by atoms with Crippen molar-refractivity contribution in [2.75, 3.05) is 19.8 Å². The number of benzene rings is 2. The zero-order valence-electron chi connectivity index (χ0n) is 14.6. The van der Waals surface area contributed by atoms with Crippen LogP contribution in [0.15, 0.2) is 63.8 Å². The molecule has 4 rings (SSSR count). The van der Waals surface area contributed by atoms with Gasteiger partial charge in [-0.3, -0.25) is 4.79 Å². The minimum absolute atomic E-state index is 0.104. The molecule has 1 atom stereocenters. The molecule has 0 saturated carbocycles. The molecular weight excluding hydrogens is 346 g/mol. The molecule has 0 fully saturated rings. The van der Waals surface area contributed by atoms with Crippen LogP contribution in [0.2, 0.25) is 0 Å². The zero-order chi connectivity index (χ0) is 18.6. The smallest absolute Gasteiger partial charge is 0.336 e. The molecule has 0 radical (unpaired) electrons. The van der Waals surface area contributed by atoms with Crippen molar-refractivity contribution in [2.24, 2.45) is 5.92 Å². The summed E-state index contributed by atoms with van der Waals surface area (Å²) in [5.74, 6) is 1.43. The number of amides is 1. The molecule has 0 spiro atoms. The van der Waals surface area contributed by atoms with Crippen LogP contribution in [0, 0.1) is 5.92 Å². The van der Waals surface area contributed by atoms with Gasteiger partial charge in [0.1, 0.15) is 17.1 Å². The third-order valence-electron chi connectivity index (χ3n) is 4.51. The van der Waals surface area contributed by atoms with Crippen LogP contribution in [0.4, 0.5) is 0 Å². The van der Waals surface area contributed by atoms with Crippen LogP contribution in [0.1, 0.15) is 5.56 Å². The zero-order valence-corrected chi connectivity index (χ0v) is 14.6. The molecule has 138 valence electrons. The molecule has 6 heteroatoms. The summed E-state index contributed by atoms with van der Waals surface area (Å²) in [5.41, 5.74) is 1.17. The van der Waals surface area contributed by atoms with Gasteiger partial charge in [-0.2, -0.15) is 0 Å². The van der Waals surface area contributed by atoms with E-state index >= 15 is 0 Å². The standard InChI is InChI=1S/C21H19NO5/c23-20(22-11-14-9-16-3-1-2-4-18(16)26-12-14)13-25-17-7-5-15-6-8-21(24)27-19(15)10-17/h1-8,10,14H,9,11-13H2,(H,22,23). The molecule has 1 aromatic heterocycles. The number of fused-ring (bicyclic) bond motifs is 2. The van der Waals surface area contributed by atoms with Crippen LogP contribution in [0.25, 0.3) is 11.0 Å². The number of ether oxygens (including phenoxy) is 2. The van der Waals surface area contributed by atoms with Gasteiger partial charge in [-0.1, -0.05) is 18.2 Å². The first-order valence-corrected chi connectivity index (χ1v) is 8.81. The second-order valence-electron chi connectivity index (χ2n) is 6.54. The van der Waals surface area contributed by atoms with Crippen LogP contribution in [-0.2, 0) is 11.2 Å². The van der Waals surface area contributed by atoms with E-state index < -0.39 is 5.63 Å². The van der Waals surface area contributed by atoms with E-state index in [2.05, 4.69) is 5.32 Å². The van der Waals surface area contributed by atoms with Crippen LogP contribution in [-0.4, -0.2) is 25.7 Å². The number of carbonyl (C=O) groups is 1. The summed E-state index contributed by atoms with van der Waals surface area (Å²) in [5, 5.41) is 3.68. The lowest BCUT2D eigenvalue weighted by atomic mass is 9.97. The Morgan fingerprint density at radius 2 is 2.00 bits per heavy atom. The SMILES string of the molecule is O=C(COc1ccc2ccc(=O)oc2c1)NCC1COc2ccccc2C1. The van der Waals surface area contributed by atoms with Gasteiger partial charge in [0.2, 0.25) is 0 Å². The van der Waals surface area contributed by atoms with E-state index in [-0.39, 0.29) is 18.4 Å². The van der Waals surface area contributed by atoms with Gasteiger partial charge in [0, 0.05) is 30.0 Å². The van der Waals surface area contributed by atoms with Gasteiger partial charge in [0.05, 0.1) is 6.61 Å². The highest BCUT2D eigenvalue weighted by Crippen LogP contribution is 2.26. The van der Waals surface area contributed by atoms with Gasteiger partial charge in [-0.05, 0) is 36.2 Å². The summed E-state index contributed by atoms with van der Waals surface area (Å²) in [6, 6.07) is 16.1. The van der Waals surface area contributed by atoms with Crippen molar-refractivity contribution in [2.45, 2.75) is 6.42 Å². The van der Waals surface area contributed by atoms with E-state index in [1.165, 1.54) is 6.07 Å². The molecule has 1 unspecified atom stereocenters. The van der Waals surface area contributed by atoms with Crippen LogP contribution < -0.4 is 20.4 Å². The summed E-state index contributed by atoms with van der Waals surface area (Å²) < 4.78 is 16.4. The third-order valence-corrected chi connectivity index (χ3v) is 4.51. The number of para-hydroxylation sites is 1. The van der Waals surface area contributed by atoms with Gasteiger partial charge >= 0.3 is 5.63 Å². The van der Waals surface area contributed by atoms with Crippen molar-refractivity contribution >= 4 is 16.9 Å². The Balaban J connectivity index is 1.28. The summed E-state index contributed by atoms with van der Waals surface area (Å²) in [4.78, 5) is 23.4. The monoisotopic (exact) mass is 365 g/mol. The quantitative estimate of drug-likeness (QED) is 0.703. The van der Waals surface area contributed by atoms with Crippen molar-refractivity contribution in [1.82, 2.24) is 5.32 Å². The molecule has 1 aliphatic heterocycles. The molecule has 3 aromatic rings. The fraction of sp³-hybridized carbons (Fsp3) is 0.238. The van der Waals surface area contributed by atoms with Crippen molar-refractivity contribution in [3.05, 3.63) is 70.6 Å². The Hall–Kier alpha value is -3.28. The van der Waals surface area contributed by atoms with Crippen molar-refractivity contribution in [3.63, 3.8) is 0 Å². The fourth-order valence-corrected chi connectivity index (χ4v) is 3.11. The van der Waals surface area contributed by atoms with Crippen LogP contribution in [0.3, 0.4) is 0 Å². The molecule has 1 amide bonds.